The third kappa shape index (κ3) is 3.29. The number of hydrogen-bond donors (Lipinski definition) is 2. The molecule has 0 unspecified atom stereocenters. The molecule has 1 aromatic heterocycles. The maximum atomic E-state index is 12.2. The molecule has 24 heavy (non-hydrogen) atoms. The van der Waals surface area contributed by atoms with Gasteiger partial charge in [0, 0.05) is 5.02 Å². The number of carbonyl (C=O) groups is 1. The van der Waals surface area contributed by atoms with Crippen LogP contribution >= 0.6 is 22.9 Å². The van der Waals surface area contributed by atoms with Gasteiger partial charge in [0.15, 0.2) is 5.13 Å². The quantitative estimate of drug-likeness (QED) is 0.672. The fourth-order valence-electron chi connectivity index (χ4n) is 2.31. The van der Waals surface area contributed by atoms with Crippen molar-refractivity contribution in [2.24, 2.45) is 0 Å². The summed E-state index contributed by atoms with van der Waals surface area (Å²) in [5, 5.41) is 6.53. The molecule has 0 bridgehead atoms. The first-order chi connectivity index (χ1) is 11.5. The topological polar surface area (TPSA) is 63.2 Å². The molecule has 1 heterocycles. The van der Waals surface area contributed by atoms with Gasteiger partial charge < -0.3 is 10.1 Å². The number of rotatable bonds is 3. The molecule has 7 heteroatoms. The third-order valence-electron chi connectivity index (χ3n) is 3.71. The minimum Gasteiger partial charge on any atom is -0.495 e. The molecular weight excluding hydrogens is 346 g/mol. The number of aromatic nitrogens is 1. The predicted octanol–water partition coefficient (Wildman–Crippen LogP) is 5.22. The van der Waals surface area contributed by atoms with E-state index in [1.807, 2.05) is 19.9 Å². The number of benzene rings is 2. The van der Waals surface area contributed by atoms with Crippen LogP contribution in [0.5, 0.6) is 5.75 Å². The van der Waals surface area contributed by atoms with E-state index >= 15 is 0 Å². The second kappa shape index (κ2) is 6.67. The molecule has 0 atom stereocenters. The van der Waals surface area contributed by atoms with Gasteiger partial charge >= 0.3 is 6.03 Å². The number of anilines is 2. The molecule has 0 aliphatic carbocycles. The van der Waals surface area contributed by atoms with E-state index in [1.165, 1.54) is 24.0 Å². The Morgan fingerprint density at radius 1 is 1.21 bits per heavy atom. The average Bonchev–Trinajstić information content (AvgIpc) is 2.94. The highest BCUT2D eigenvalue weighted by Crippen LogP contribution is 2.31. The van der Waals surface area contributed by atoms with E-state index in [-0.39, 0.29) is 0 Å². The van der Waals surface area contributed by atoms with Crippen molar-refractivity contribution < 1.29 is 9.53 Å². The number of amides is 2. The van der Waals surface area contributed by atoms with E-state index in [4.69, 9.17) is 16.3 Å². The third-order valence-corrected chi connectivity index (χ3v) is 4.89. The van der Waals surface area contributed by atoms with Crippen LogP contribution in [0, 0.1) is 13.8 Å². The Morgan fingerprint density at radius 2 is 2.00 bits per heavy atom. The number of nitrogens with one attached hydrogen (secondary N) is 2. The highest BCUT2D eigenvalue weighted by atomic mass is 35.5. The van der Waals surface area contributed by atoms with Gasteiger partial charge in [-0.2, -0.15) is 0 Å². The zero-order chi connectivity index (χ0) is 17.3. The summed E-state index contributed by atoms with van der Waals surface area (Å²) < 4.78 is 6.25. The van der Waals surface area contributed by atoms with Crippen molar-refractivity contribution in [2.75, 3.05) is 17.7 Å². The van der Waals surface area contributed by atoms with Crippen LogP contribution in [0.4, 0.5) is 15.6 Å². The number of halogens is 1. The van der Waals surface area contributed by atoms with Crippen molar-refractivity contribution >= 4 is 50.0 Å². The van der Waals surface area contributed by atoms with E-state index in [0.29, 0.717) is 21.6 Å². The van der Waals surface area contributed by atoms with Crippen LogP contribution in [0.2, 0.25) is 5.02 Å². The molecule has 5 nitrogen and oxygen atoms in total. The molecular formula is C17H16ClN3O2S. The number of carbonyl (C=O) groups excluding carboxylic acids is 1. The minimum atomic E-state index is -0.399. The molecule has 0 aliphatic rings. The van der Waals surface area contributed by atoms with Gasteiger partial charge in [0.1, 0.15) is 5.75 Å². The highest BCUT2D eigenvalue weighted by Gasteiger charge is 2.12. The molecule has 0 fully saturated rings. The summed E-state index contributed by atoms with van der Waals surface area (Å²) in [4.78, 5) is 16.7. The molecule has 0 saturated carbocycles. The first-order valence-electron chi connectivity index (χ1n) is 7.26. The number of methoxy groups -OCH3 is 1. The molecule has 3 aromatic rings. The lowest BCUT2D eigenvalue weighted by Gasteiger charge is -2.10. The van der Waals surface area contributed by atoms with E-state index in [1.54, 1.807) is 18.2 Å². The van der Waals surface area contributed by atoms with Crippen LogP contribution in [-0.4, -0.2) is 18.1 Å². The molecule has 124 valence electrons. The van der Waals surface area contributed by atoms with Gasteiger partial charge in [0.25, 0.3) is 0 Å². The highest BCUT2D eigenvalue weighted by molar-refractivity contribution is 7.22. The molecule has 0 saturated heterocycles. The van der Waals surface area contributed by atoms with Crippen molar-refractivity contribution in [3.8, 4) is 5.75 Å². The van der Waals surface area contributed by atoms with Crippen molar-refractivity contribution in [1.29, 1.82) is 0 Å². The minimum absolute atomic E-state index is 0.399. The number of hydrogen-bond acceptors (Lipinski definition) is 4. The molecule has 0 radical (unpaired) electrons. The molecule has 2 amide bonds. The van der Waals surface area contributed by atoms with Gasteiger partial charge in [-0.3, -0.25) is 5.32 Å². The van der Waals surface area contributed by atoms with Crippen LogP contribution in [0.1, 0.15) is 11.1 Å². The summed E-state index contributed by atoms with van der Waals surface area (Å²) in [6, 6.07) is 8.69. The molecule has 2 N–H and O–H groups in total. The number of aryl methyl sites for hydroxylation is 2. The lowest BCUT2D eigenvalue weighted by atomic mass is 10.1. The first kappa shape index (κ1) is 16.5. The predicted molar refractivity (Wildman–Crippen MR) is 99.7 cm³/mol. The van der Waals surface area contributed by atoms with E-state index < -0.39 is 6.03 Å². The van der Waals surface area contributed by atoms with E-state index in [9.17, 15) is 4.79 Å². The summed E-state index contributed by atoms with van der Waals surface area (Å²) >= 11 is 7.40. The monoisotopic (exact) mass is 361 g/mol. The van der Waals surface area contributed by atoms with Gasteiger partial charge in [0.2, 0.25) is 0 Å². The van der Waals surface area contributed by atoms with Crippen molar-refractivity contribution in [3.05, 3.63) is 46.5 Å². The zero-order valence-electron chi connectivity index (χ0n) is 13.4. The fourth-order valence-corrected chi connectivity index (χ4v) is 3.40. The molecule has 3 rings (SSSR count). The maximum absolute atomic E-state index is 12.2. The lowest BCUT2D eigenvalue weighted by molar-refractivity contribution is 0.262. The summed E-state index contributed by atoms with van der Waals surface area (Å²) in [7, 11) is 1.53. The Labute approximate surface area is 148 Å². The van der Waals surface area contributed by atoms with E-state index in [2.05, 4.69) is 21.7 Å². The average molecular weight is 362 g/mol. The summed E-state index contributed by atoms with van der Waals surface area (Å²) in [6.45, 7) is 4.07. The van der Waals surface area contributed by atoms with E-state index in [0.717, 1.165) is 15.8 Å². The van der Waals surface area contributed by atoms with Crippen LogP contribution < -0.4 is 15.4 Å². The van der Waals surface area contributed by atoms with Crippen LogP contribution in [0.15, 0.2) is 30.3 Å². The number of ether oxygens (including phenoxy) is 1. The number of thiazole rings is 1. The Kier molecular flexibility index (Phi) is 4.59. The Morgan fingerprint density at radius 3 is 2.75 bits per heavy atom. The molecule has 0 aliphatic heterocycles. The molecule has 2 aromatic carbocycles. The van der Waals surface area contributed by atoms with Gasteiger partial charge in [-0.25, -0.2) is 9.78 Å². The van der Waals surface area contributed by atoms with Crippen molar-refractivity contribution in [2.45, 2.75) is 13.8 Å². The van der Waals surface area contributed by atoms with Crippen LogP contribution in [0.25, 0.3) is 10.2 Å². The second-order valence-corrected chi connectivity index (χ2v) is 6.76. The standard InChI is InChI=1S/C17H16ClN3O2S/c1-9-4-7-14-15(10(9)2)20-17(24-14)21-16(22)19-12-8-11(18)5-6-13(12)23-3/h4-8H,1-3H3,(H2,19,20,21,22). The zero-order valence-corrected chi connectivity index (χ0v) is 15.0. The Bertz CT molecular complexity index is 924. The number of urea groups is 1. The van der Waals surface area contributed by atoms with Gasteiger partial charge in [-0.1, -0.05) is 29.0 Å². The SMILES string of the molecule is COc1ccc(Cl)cc1NC(=O)Nc1nc2c(C)c(C)ccc2s1. The van der Waals surface area contributed by atoms with Crippen LogP contribution in [-0.2, 0) is 0 Å². The smallest absolute Gasteiger partial charge is 0.325 e. The second-order valence-electron chi connectivity index (χ2n) is 5.30. The largest absolute Gasteiger partial charge is 0.495 e. The van der Waals surface area contributed by atoms with Gasteiger partial charge in [-0.15, -0.1) is 0 Å². The fraction of sp³-hybridized carbons (Fsp3) is 0.176. The van der Waals surface area contributed by atoms with Crippen molar-refractivity contribution in [1.82, 2.24) is 4.98 Å². The van der Waals surface area contributed by atoms with Crippen molar-refractivity contribution in [3.63, 3.8) is 0 Å². The number of fused-ring (bicyclic) bond motifs is 1. The lowest BCUT2D eigenvalue weighted by Crippen LogP contribution is -2.19. The molecule has 0 spiro atoms. The maximum Gasteiger partial charge on any atom is 0.325 e. The number of nitrogens with zero attached hydrogens (tertiary/aromatic N) is 1. The Hall–Kier alpha value is -2.31. The summed E-state index contributed by atoms with van der Waals surface area (Å²) in [5.41, 5.74) is 3.70. The normalized spacial score (nSPS) is 10.7. The van der Waals surface area contributed by atoms with Crippen LogP contribution in [0.3, 0.4) is 0 Å². The summed E-state index contributed by atoms with van der Waals surface area (Å²) in [6.07, 6.45) is 0. The first-order valence-corrected chi connectivity index (χ1v) is 8.45. The van der Waals surface area contributed by atoms with Gasteiger partial charge in [0.05, 0.1) is 23.0 Å². The summed E-state index contributed by atoms with van der Waals surface area (Å²) in [5.74, 6) is 0.533. The van der Waals surface area contributed by atoms with Gasteiger partial charge in [-0.05, 0) is 49.2 Å². The Balaban J connectivity index is 1.80.